The molecule has 36 heavy (non-hydrogen) atoms. The monoisotopic (exact) mass is 480 g/mol. The Morgan fingerprint density at radius 3 is 2.47 bits per heavy atom. The predicted octanol–water partition coefficient (Wildman–Crippen LogP) is 4.97. The van der Waals surface area contributed by atoms with Crippen molar-refractivity contribution in [2.24, 2.45) is 0 Å². The maximum atomic E-state index is 13.5. The summed E-state index contributed by atoms with van der Waals surface area (Å²) in [4.78, 5) is 31.0. The minimum atomic E-state index is -0.655. The first-order valence-corrected chi connectivity index (χ1v) is 11.2. The van der Waals surface area contributed by atoms with E-state index in [-0.39, 0.29) is 17.0 Å². The van der Waals surface area contributed by atoms with Crippen LogP contribution in [0.2, 0.25) is 0 Å². The number of ether oxygens (including phenoxy) is 2. The third kappa shape index (κ3) is 4.81. The third-order valence-electron chi connectivity index (χ3n) is 5.74. The molecule has 0 unspecified atom stereocenters. The Labute approximate surface area is 208 Å². The number of hydrogen-bond donors (Lipinski definition) is 1. The molecule has 0 radical (unpaired) electrons. The van der Waals surface area contributed by atoms with Crippen molar-refractivity contribution in [1.82, 2.24) is 9.38 Å². The number of anilines is 1. The van der Waals surface area contributed by atoms with Crippen molar-refractivity contribution < 1.29 is 14.3 Å². The number of benzene rings is 2. The second-order valence-electron chi connectivity index (χ2n) is 8.20. The molecule has 0 aliphatic rings. The van der Waals surface area contributed by atoms with Gasteiger partial charge in [-0.25, -0.2) is 0 Å². The van der Waals surface area contributed by atoms with E-state index in [9.17, 15) is 14.9 Å². The number of nitriles is 1. The molecule has 4 rings (SSSR count). The van der Waals surface area contributed by atoms with Gasteiger partial charge in [0.05, 0.1) is 7.11 Å². The summed E-state index contributed by atoms with van der Waals surface area (Å²) in [6, 6.07) is 17.8. The molecule has 1 amide bonds. The lowest BCUT2D eigenvalue weighted by atomic mass is 10.1. The largest absolute Gasteiger partial charge is 0.493 e. The van der Waals surface area contributed by atoms with Crippen LogP contribution in [0.15, 0.2) is 71.2 Å². The van der Waals surface area contributed by atoms with E-state index in [0.717, 1.165) is 16.7 Å². The number of carbonyl (C=O) groups is 1. The highest BCUT2D eigenvalue weighted by Gasteiger charge is 2.19. The van der Waals surface area contributed by atoms with Crippen LogP contribution < -0.4 is 20.3 Å². The molecule has 0 aliphatic heterocycles. The first-order chi connectivity index (χ1) is 17.3. The summed E-state index contributed by atoms with van der Waals surface area (Å²) in [5.41, 5.74) is 2.95. The van der Waals surface area contributed by atoms with Crippen LogP contribution in [0.4, 0.5) is 5.69 Å². The molecule has 0 atom stereocenters. The summed E-state index contributed by atoms with van der Waals surface area (Å²) >= 11 is 0. The Morgan fingerprint density at radius 1 is 1.03 bits per heavy atom. The fraction of sp³-hybridized carbons (Fsp3) is 0.143. The van der Waals surface area contributed by atoms with Crippen molar-refractivity contribution in [1.29, 1.82) is 5.26 Å². The van der Waals surface area contributed by atoms with Crippen LogP contribution in [0.3, 0.4) is 0 Å². The van der Waals surface area contributed by atoms with Crippen molar-refractivity contribution >= 4 is 23.3 Å². The molecule has 0 spiro atoms. The van der Waals surface area contributed by atoms with Gasteiger partial charge in [-0.1, -0.05) is 24.3 Å². The van der Waals surface area contributed by atoms with E-state index in [1.807, 2.05) is 45.0 Å². The standard InChI is InChI=1S/C28H24N4O4/c1-17-11-12-21(14-19(17)3)30-26(33)20(16-29)15-22-27(36-24-10-6-5-9-23(24)35-4)31-25-18(2)8-7-13-32(25)28(22)34/h5-15H,1-4H3,(H,30,33)/b20-15-. The number of rotatable bonds is 6. The van der Waals surface area contributed by atoms with Gasteiger partial charge in [-0.15, -0.1) is 0 Å². The first-order valence-electron chi connectivity index (χ1n) is 11.2. The summed E-state index contributed by atoms with van der Waals surface area (Å²) in [6.45, 7) is 5.71. The molecule has 0 saturated carbocycles. The lowest BCUT2D eigenvalue weighted by Crippen LogP contribution is -2.20. The number of nitrogens with zero attached hydrogens (tertiary/aromatic N) is 3. The van der Waals surface area contributed by atoms with E-state index in [1.54, 1.807) is 42.6 Å². The molecule has 0 fully saturated rings. The van der Waals surface area contributed by atoms with E-state index in [1.165, 1.54) is 17.6 Å². The number of nitrogens with one attached hydrogen (secondary N) is 1. The Kier molecular flexibility index (Phi) is 6.84. The van der Waals surface area contributed by atoms with Gasteiger partial charge in [0, 0.05) is 11.9 Å². The molecule has 0 saturated heterocycles. The molecule has 2 aromatic heterocycles. The summed E-state index contributed by atoms with van der Waals surface area (Å²) < 4.78 is 12.7. The number of hydrogen-bond acceptors (Lipinski definition) is 6. The fourth-order valence-electron chi connectivity index (χ4n) is 3.61. The number of pyridine rings is 1. The van der Waals surface area contributed by atoms with Crippen molar-refractivity contribution in [3.63, 3.8) is 0 Å². The molecule has 0 bridgehead atoms. The quantitative estimate of drug-likeness (QED) is 0.309. The van der Waals surface area contributed by atoms with Gasteiger partial charge in [0.1, 0.15) is 22.9 Å². The number of fused-ring (bicyclic) bond motifs is 1. The lowest BCUT2D eigenvalue weighted by molar-refractivity contribution is -0.112. The van der Waals surface area contributed by atoms with Gasteiger partial charge in [0.15, 0.2) is 11.5 Å². The van der Waals surface area contributed by atoms with Gasteiger partial charge >= 0.3 is 0 Å². The van der Waals surface area contributed by atoms with Gasteiger partial charge in [-0.3, -0.25) is 14.0 Å². The second-order valence-corrected chi connectivity index (χ2v) is 8.20. The first kappa shape index (κ1) is 24.2. The zero-order chi connectivity index (χ0) is 25.8. The average molecular weight is 481 g/mol. The summed E-state index contributed by atoms with van der Waals surface area (Å²) in [5, 5.41) is 12.5. The van der Waals surface area contributed by atoms with E-state index in [0.29, 0.717) is 22.8 Å². The predicted molar refractivity (Wildman–Crippen MR) is 137 cm³/mol. The highest BCUT2D eigenvalue weighted by molar-refractivity contribution is 6.09. The number of methoxy groups -OCH3 is 1. The number of carbonyl (C=O) groups excluding carboxylic acids is 1. The van der Waals surface area contributed by atoms with Crippen LogP contribution in [-0.4, -0.2) is 22.4 Å². The molecule has 180 valence electrons. The van der Waals surface area contributed by atoms with Crippen molar-refractivity contribution in [3.05, 3.63) is 99.0 Å². The minimum absolute atomic E-state index is 0.0456. The van der Waals surface area contributed by atoms with Crippen LogP contribution in [0.5, 0.6) is 17.4 Å². The van der Waals surface area contributed by atoms with Crippen molar-refractivity contribution in [2.45, 2.75) is 20.8 Å². The number of amides is 1. The fourth-order valence-corrected chi connectivity index (χ4v) is 3.61. The summed E-state index contributed by atoms with van der Waals surface area (Å²) in [5.74, 6) is 0.0630. The molecular weight excluding hydrogens is 456 g/mol. The Hall–Kier alpha value is -4.90. The van der Waals surface area contributed by atoms with Crippen LogP contribution in [0.25, 0.3) is 11.7 Å². The van der Waals surface area contributed by atoms with Crippen LogP contribution in [-0.2, 0) is 4.79 Å². The zero-order valence-corrected chi connectivity index (χ0v) is 20.3. The molecular formula is C28H24N4O4. The Bertz CT molecular complexity index is 1610. The van der Waals surface area contributed by atoms with Gasteiger partial charge in [-0.2, -0.15) is 10.2 Å². The van der Waals surface area contributed by atoms with E-state index in [4.69, 9.17) is 9.47 Å². The summed E-state index contributed by atoms with van der Waals surface area (Å²) in [6.07, 6.45) is 2.77. The molecule has 8 nitrogen and oxygen atoms in total. The smallest absolute Gasteiger partial charge is 0.269 e. The topological polar surface area (TPSA) is 106 Å². The average Bonchev–Trinajstić information content (AvgIpc) is 2.87. The lowest BCUT2D eigenvalue weighted by Gasteiger charge is -2.13. The molecule has 4 aromatic rings. The molecule has 8 heteroatoms. The second kappa shape index (κ2) is 10.2. The van der Waals surface area contributed by atoms with E-state index < -0.39 is 11.5 Å². The zero-order valence-electron chi connectivity index (χ0n) is 20.3. The maximum Gasteiger partial charge on any atom is 0.269 e. The Morgan fingerprint density at radius 2 is 1.78 bits per heavy atom. The number of aromatic nitrogens is 2. The van der Waals surface area contributed by atoms with Gasteiger partial charge in [0.25, 0.3) is 11.5 Å². The maximum absolute atomic E-state index is 13.5. The SMILES string of the molecule is COc1ccccc1Oc1nc2c(C)cccn2c(=O)c1/C=C(/C#N)C(=O)Nc1ccc(C)c(C)c1. The number of para-hydroxylation sites is 2. The highest BCUT2D eigenvalue weighted by Crippen LogP contribution is 2.32. The van der Waals surface area contributed by atoms with E-state index in [2.05, 4.69) is 10.3 Å². The van der Waals surface area contributed by atoms with Gasteiger partial charge in [-0.05, 0) is 73.9 Å². The third-order valence-corrected chi connectivity index (χ3v) is 5.74. The normalized spacial score (nSPS) is 11.1. The van der Waals surface area contributed by atoms with Crippen LogP contribution >= 0.6 is 0 Å². The highest BCUT2D eigenvalue weighted by atomic mass is 16.5. The summed E-state index contributed by atoms with van der Waals surface area (Å²) in [7, 11) is 1.50. The molecule has 2 heterocycles. The number of aryl methyl sites for hydroxylation is 3. The van der Waals surface area contributed by atoms with Crippen molar-refractivity contribution in [3.8, 4) is 23.4 Å². The molecule has 0 aliphatic carbocycles. The minimum Gasteiger partial charge on any atom is -0.493 e. The van der Waals surface area contributed by atoms with E-state index >= 15 is 0 Å². The van der Waals surface area contributed by atoms with Crippen LogP contribution in [0.1, 0.15) is 22.3 Å². The van der Waals surface area contributed by atoms with Crippen LogP contribution in [0, 0.1) is 32.1 Å². The molecule has 1 N–H and O–H groups in total. The van der Waals surface area contributed by atoms with Gasteiger partial charge in [0.2, 0.25) is 5.88 Å². The van der Waals surface area contributed by atoms with Crippen molar-refractivity contribution in [2.75, 3.05) is 12.4 Å². The molecule has 2 aromatic carbocycles. The Balaban J connectivity index is 1.84. The van der Waals surface area contributed by atoms with Gasteiger partial charge < -0.3 is 14.8 Å².